The van der Waals surface area contributed by atoms with Gasteiger partial charge in [-0.25, -0.2) is 14.4 Å². The minimum atomic E-state index is -0.308. The third-order valence-electron chi connectivity index (χ3n) is 4.15. The molecule has 0 radical (unpaired) electrons. The molecule has 0 spiro atoms. The smallest absolute Gasteiger partial charge is 0.229 e. The van der Waals surface area contributed by atoms with Gasteiger partial charge in [0.2, 0.25) is 5.91 Å². The maximum Gasteiger partial charge on any atom is 0.229 e. The van der Waals surface area contributed by atoms with E-state index in [2.05, 4.69) is 29.1 Å². The van der Waals surface area contributed by atoms with Gasteiger partial charge >= 0.3 is 0 Å². The topological polar surface area (TPSA) is 75.1 Å². The lowest BCUT2D eigenvalue weighted by atomic mass is 10.1. The molecule has 28 heavy (non-hydrogen) atoms. The standard InChI is InChI=1S/C22H22FN3O2/c1-14(2)11-19-22(26-21(28)12-15-3-9-18(27)10-4-15)24-13-20(25-19)16-5-7-17(23)8-6-16/h3-10,13-14,27H,11-12H2,1-2H3,(H,24,26,28). The zero-order chi connectivity index (χ0) is 20.1. The molecule has 5 nitrogen and oxygen atoms in total. The summed E-state index contributed by atoms with van der Waals surface area (Å²) in [5.74, 6) is 0.399. The summed E-state index contributed by atoms with van der Waals surface area (Å²) in [4.78, 5) is 21.5. The van der Waals surface area contributed by atoms with E-state index in [1.165, 1.54) is 12.1 Å². The fourth-order valence-electron chi connectivity index (χ4n) is 2.80. The lowest BCUT2D eigenvalue weighted by molar-refractivity contribution is -0.115. The summed E-state index contributed by atoms with van der Waals surface area (Å²) in [6.07, 6.45) is 2.40. The number of rotatable bonds is 6. The van der Waals surface area contributed by atoms with Gasteiger partial charge in [0, 0.05) is 5.56 Å². The number of hydrogen-bond acceptors (Lipinski definition) is 4. The first kappa shape index (κ1) is 19.5. The van der Waals surface area contributed by atoms with Crippen LogP contribution in [0.4, 0.5) is 10.2 Å². The van der Waals surface area contributed by atoms with Crippen molar-refractivity contribution in [2.75, 3.05) is 5.32 Å². The maximum atomic E-state index is 13.2. The van der Waals surface area contributed by atoms with Crippen LogP contribution in [0.25, 0.3) is 11.3 Å². The van der Waals surface area contributed by atoms with Crippen molar-refractivity contribution in [3.05, 3.63) is 71.8 Å². The number of benzene rings is 2. The number of hydrogen-bond donors (Lipinski definition) is 2. The highest BCUT2D eigenvalue weighted by molar-refractivity contribution is 5.92. The Morgan fingerprint density at radius 1 is 1.11 bits per heavy atom. The molecule has 0 aliphatic heterocycles. The molecule has 0 atom stereocenters. The number of aromatic nitrogens is 2. The summed E-state index contributed by atoms with van der Waals surface area (Å²) in [7, 11) is 0. The predicted octanol–water partition coefficient (Wildman–Crippen LogP) is 4.37. The summed E-state index contributed by atoms with van der Waals surface area (Å²) >= 11 is 0. The Morgan fingerprint density at radius 2 is 1.79 bits per heavy atom. The number of nitrogens with one attached hydrogen (secondary N) is 1. The number of nitrogens with zero attached hydrogens (tertiary/aromatic N) is 2. The summed E-state index contributed by atoms with van der Waals surface area (Å²) in [6, 6.07) is 12.6. The molecule has 144 valence electrons. The normalized spacial score (nSPS) is 10.9. The Balaban J connectivity index is 1.81. The molecular formula is C22H22FN3O2. The molecule has 0 saturated carbocycles. The first-order chi connectivity index (χ1) is 13.4. The molecule has 1 aromatic heterocycles. The van der Waals surface area contributed by atoms with Gasteiger partial charge in [-0.05, 0) is 54.3 Å². The van der Waals surface area contributed by atoms with E-state index in [9.17, 15) is 14.3 Å². The number of phenols is 1. The van der Waals surface area contributed by atoms with E-state index >= 15 is 0 Å². The maximum absolute atomic E-state index is 13.2. The zero-order valence-corrected chi connectivity index (χ0v) is 15.8. The lowest BCUT2D eigenvalue weighted by Gasteiger charge is -2.13. The molecule has 1 amide bonds. The SMILES string of the molecule is CC(C)Cc1nc(-c2ccc(F)cc2)cnc1NC(=O)Cc1ccc(O)cc1. The number of amides is 1. The van der Waals surface area contributed by atoms with Gasteiger partial charge in [-0.3, -0.25) is 4.79 Å². The first-order valence-corrected chi connectivity index (χ1v) is 9.10. The van der Waals surface area contributed by atoms with Crippen molar-refractivity contribution >= 4 is 11.7 Å². The molecular weight excluding hydrogens is 357 g/mol. The fourth-order valence-corrected chi connectivity index (χ4v) is 2.80. The van der Waals surface area contributed by atoms with E-state index in [0.29, 0.717) is 29.5 Å². The van der Waals surface area contributed by atoms with Gasteiger partial charge in [0.15, 0.2) is 5.82 Å². The van der Waals surface area contributed by atoms with Crippen molar-refractivity contribution < 1.29 is 14.3 Å². The first-order valence-electron chi connectivity index (χ1n) is 9.10. The number of carbonyl (C=O) groups excluding carboxylic acids is 1. The van der Waals surface area contributed by atoms with Crippen LogP contribution in [-0.4, -0.2) is 21.0 Å². The summed E-state index contributed by atoms with van der Waals surface area (Å²) in [5, 5.41) is 12.2. The molecule has 0 saturated heterocycles. The summed E-state index contributed by atoms with van der Waals surface area (Å²) < 4.78 is 13.2. The molecule has 6 heteroatoms. The van der Waals surface area contributed by atoms with E-state index in [1.807, 2.05) is 0 Å². The van der Waals surface area contributed by atoms with E-state index in [-0.39, 0.29) is 23.9 Å². The second kappa shape index (κ2) is 8.61. The molecule has 1 heterocycles. The highest BCUT2D eigenvalue weighted by Crippen LogP contribution is 2.22. The molecule has 0 bridgehead atoms. The molecule has 0 aliphatic carbocycles. The summed E-state index contributed by atoms with van der Waals surface area (Å²) in [6.45, 7) is 4.13. The largest absolute Gasteiger partial charge is 0.508 e. The van der Waals surface area contributed by atoms with Crippen LogP contribution in [0.3, 0.4) is 0 Å². The van der Waals surface area contributed by atoms with Crippen LogP contribution in [0.5, 0.6) is 5.75 Å². The minimum absolute atomic E-state index is 0.158. The van der Waals surface area contributed by atoms with Crippen molar-refractivity contribution in [2.45, 2.75) is 26.7 Å². The van der Waals surface area contributed by atoms with Crippen molar-refractivity contribution in [1.29, 1.82) is 0 Å². The quantitative estimate of drug-likeness (QED) is 0.667. The van der Waals surface area contributed by atoms with Gasteiger partial charge in [0.05, 0.1) is 24.0 Å². The van der Waals surface area contributed by atoms with Crippen molar-refractivity contribution in [3.63, 3.8) is 0 Å². The molecule has 2 aromatic carbocycles. The Kier molecular flexibility index (Phi) is 5.99. The van der Waals surface area contributed by atoms with Crippen LogP contribution in [0.15, 0.2) is 54.7 Å². The number of carbonyl (C=O) groups is 1. The van der Waals surface area contributed by atoms with Gasteiger partial charge in [0.1, 0.15) is 11.6 Å². The molecule has 0 aliphatic rings. The van der Waals surface area contributed by atoms with E-state index in [4.69, 9.17) is 0 Å². The highest BCUT2D eigenvalue weighted by atomic mass is 19.1. The highest BCUT2D eigenvalue weighted by Gasteiger charge is 2.14. The van der Waals surface area contributed by atoms with Gasteiger partial charge in [-0.2, -0.15) is 0 Å². The van der Waals surface area contributed by atoms with E-state index in [0.717, 1.165) is 11.1 Å². The third-order valence-corrected chi connectivity index (χ3v) is 4.15. The Labute approximate surface area is 163 Å². The van der Waals surface area contributed by atoms with Gasteiger partial charge in [-0.1, -0.05) is 26.0 Å². The minimum Gasteiger partial charge on any atom is -0.508 e. The van der Waals surface area contributed by atoms with Gasteiger partial charge in [-0.15, -0.1) is 0 Å². The van der Waals surface area contributed by atoms with E-state index < -0.39 is 0 Å². The van der Waals surface area contributed by atoms with Crippen LogP contribution >= 0.6 is 0 Å². The third kappa shape index (κ3) is 5.13. The van der Waals surface area contributed by atoms with Crippen LogP contribution in [0, 0.1) is 11.7 Å². The number of aromatic hydroxyl groups is 1. The lowest BCUT2D eigenvalue weighted by Crippen LogP contribution is -2.18. The van der Waals surface area contributed by atoms with Crippen LogP contribution in [0.1, 0.15) is 25.1 Å². The molecule has 0 fully saturated rings. The molecule has 3 rings (SSSR count). The Bertz CT molecular complexity index is 955. The Hall–Kier alpha value is -3.28. The van der Waals surface area contributed by atoms with Crippen molar-refractivity contribution in [1.82, 2.24) is 9.97 Å². The van der Waals surface area contributed by atoms with Crippen LogP contribution < -0.4 is 5.32 Å². The number of phenolic OH excluding ortho intramolecular Hbond substituents is 1. The van der Waals surface area contributed by atoms with Crippen LogP contribution in [0.2, 0.25) is 0 Å². The fraction of sp³-hybridized carbons (Fsp3) is 0.227. The van der Waals surface area contributed by atoms with Gasteiger partial charge < -0.3 is 10.4 Å². The van der Waals surface area contributed by atoms with E-state index in [1.54, 1.807) is 42.6 Å². The number of anilines is 1. The Morgan fingerprint density at radius 3 is 2.43 bits per heavy atom. The monoisotopic (exact) mass is 379 g/mol. The average Bonchev–Trinajstić information content (AvgIpc) is 2.65. The second-order valence-corrected chi connectivity index (χ2v) is 7.05. The van der Waals surface area contributed by atoms with Crippen molar-refractivity contribution in [3.8, 4) is 17.0 Å². The van der Waals surface area contributed by atoms with Gasteiger partial charge in [0.25, 0.3) is 0 Å². The molecule has 2 N–H and O–H groups in total. The predicted molar refractivity (Wildman–Crippen MR) is 106 cm³/mol. The van der Waals surface area contributed by atoms with Crippen molar-refractivity contribution in [2.24, 2.45) is 5.92 Å². The van der Waals surface area contributed by atoms with Crippen LogP contribution in [-0.2, 0) is 17.6 Å². The average molecular weight is 379 g/mol. The second-order valence-electron chi connectivity index (χ2n) is 7.05. The molecule has 3 aromatic rings. The summed E-state index contributed by atoms with van der Waals surface area (Å²) in [5.41, 5.74) is 2.88. The molecule has 0 unspecified atom stereocenters. The zero-order valence-electron chi connectivity index (χ0n) is 15.8. The number of halogens is 1.